The second-order valence-corrected chi connectivity index (χ2v) is 11.9. The largest absolute Gasteiger partial charge is 0.456 e. The van der Waals surface area contributed by atoms with Crippen LogP contribution in [0.15, 0.2) is 162 Å². The van der Waals surface area contributed by atoms with Gasteiger partial charge in [-0.15, -0.1) is 5.10 Å². The maximum Gasteiger partial charge on any atom is 0.182 e. The lowest BCUT2D eigenvalue weighted by atomic mass is 9.99. The highest BCUT2D eigenvalue weighted by Crippen LogP contribution is 2.36. The van der Waals surface area contributed by atoms with Crippen LogP contribution in [0.4, 0.5) is 0 Å². The number of hydrogen-bond acceptors (Lipinski definition) is 4. The van der Waals surface area contributed by atoms with E-state index in [2.05, 4.69) is 115 Å². The molecule has 0 saturated carbocycles. The molecule has 0 radical (unpaired) electrons. The molecule has 0 spiro atoms. The lowest BCUT2D eigenvalue weighted by molar-refractivity contribution is 0.669. The van der Waals surface area contributed by atoms with Crippen molar-refractivity contribution in [2.24, 2.45) is 0 Å². The Hall–Kier alpha value is -6.77. The Morgan fingerprint density at radius 3 is 1.62 bits per heavy atom. The van der Waals surface area contributed by atoms with Gasteiger partial charge in [0.25, 0.3) is 0 Å². The van der Waals surface area contributed by atoms with Gasteiger partial charge in [0, 0.05) is 33.7 Å². The molecule has 3 aromatic heterocycles. The third kappa shape index (κ3) is 4.81. The summed E-state index contributed by atoms with van der Waals surface area (Å²) in [6.45, 7) is 0. The van der Waals surface area contributed by atoms with E-state index in [0.29, 0.717) is 11.4 Å². The van der Waals surface area contributed by atoms with E-state index in [4.69, 9.17) is 14.5 Å². The number of nitrogens with zero attached hydrogens (tertiary/aromatic N) is 4. The number of nitriles is 1. The molecule has 0 aliphatic heterocycles. The van der Waals surface area contributed by atoms with Gasteiger partial charge in [-0.05, 0) is 75.8 Å². The first kappa shape index (κ1) is 27.5. The second kappa shape index (κ2) is 11.2. The predicted molar refractivity (Wildman–Crippen MR) is 192 cm³/mol. The first-order valence-corrected chi connectivity index (χ1v) is 15.8. The highest BCUT2D eigenvalue weighted by Gasteiger charge is 2.15. The van der Waals surface area contributed by atoms with Crippen molar-refractivity contribution >= 4 is 27.6 Å². The van der Waals surface area contributed by atoms with Gasteiger partial charge >= 0.3 is 0 Å². The van der Waals surface area contributed by atoms with Crippen molar-refractivity contribution < 1.29 is 4.42 Å². The number of pyridine rings is 1. The van der Waals surface area contributed by atoms with E-state index < -0.39 is 0 Å². The van der Waals surface area contributed by atoms with Gasteiger partial charge < -0.3 is 4.42 Å². The van der Waals surface area contributed by atoms with Crippen LogP contribution in [-0.4, -0.2) is 14.6 Å². The minimum absolute atomic E-state index is 0.648. The van der Waals surface area contributed by atoms with Crippen molar-refractivity contribution in [3.8, 4) is 62.0 Å². The summed E-state index contributed by atoms with van der Waals surface area (Å²) < 4.78 is 8.09. The summed E-state index contributed by atoms with van der Waals surface area (Å²) in [6.07, 6.45) is 2.05. The quantitative estimate of drug-likeness (QED) is 0.193. The first-order valence-electron chi connectivity index (χ1n) is 15.8. The van der Waals surface area contributed by atoms with Crippen molar-refractivity contribution in [2.75, 3.05) is 0 Å². The predicted octanol–water partition coefficient (Wildman–Crippen LogP) is 10.8. The van der Waals surface area contributed by atoms with Gasteiger partial charge in [0.1, 0.15) is 11.2 Å². The van der Waals surface area contributed by atoms with Crippen LogP contribution in [0, 0.1) is 11.3 Å². The fraction of sp³-hybridized carbons (Fsp3) is 0. The van der Waals surface area contributed by atoms with Crippen LogP contribution in [0.1, 0.15) is 5.56 Å². The summed E-state index contributed by atoms with van der Waals surface area (Å²) in [7, 11) is 0. The van der Waals surface area contributed by atoms with E-state index >= 15 is 0 Å². The fourth-order valence-corrected chi connectivity index (χ4v) is 6.41. The Morgan fingerprint density at radius 1 is 0.500 bits per heavy atom. The Kier molecular flexibility index (Phi) is 6.45. The third-order valence-electron chi connectivity index (χ3n) is 8.92. The molecular weight excluding hydrogens is 589 g/mol. The van der Waals surface area contributed by atoms with Gasteiger partial charge in [0.2, 0.25) is 0 Å². The highest BCUT2D eigenvalue weighted by atomic mass is 16.3. The summed E-state index contributed by atoms with van der Waals surface area (Å²) in [5.41, 5.74) is 12.8. The van der Waals surface area contributed by atoms with Crippen LogP contribution < -0.4 is 0 Å². The lowest BCUT2D eigenvalue weighted by Crippen LogP contribution is -1.93. The Labute approximate surface area is 276 Å². The molecule has 3 heterocycles. The van der Waals surface area contributed by atoms with Gasteiger partial charge in [-0.3, -0.25) is 0 Å². The van der Waals surface area contributed by atoms with Crippen LogP contribution in [-0.2, 0) is 0 Å². The van der Waals surface area contributed by atoms with Crippen LogP contribution in [0.2, 0.25) is 0 Å². The number of benzene rings is 6. The van der Waals surface area contributed by atoms with Crippen molar-refractivity contribution in [2.45, 2.75) is 0 Å². The molecule has 5 heteroatoms. The molecule has 0 amide bonds. The Bertz CT molecular complexity index is 2650. The first-order chi connectivity index (χ1) is 23.7. The molecule has 0 bridgehead atoms. The Balaban J connectivity index is 1.08. The summed E-state index contributed by atoms with van der Waals surface area (Å²) in [6, 6.07) is 53.8. The van der Waals surface area contributed by atoms with Gasteiger partial charge in [0.15, 0.2) is 11.5 Å². The number of aromatic nitrogens is 3. The summed E-state index contributed by atoms with van der Waals surface area (Å²) >= 11 is 0. The van der Waals surface area contributed by atoms with Crippen LogP contribution in [0.5, 0.6) is 0 Å². The number of hydrogen-bond donors (Lipinski definition) is 0. The summed E-state index contributed by atoms with van der Waals surface area (Å²) in [5.74, 6) is 0.676. The second-order valence-electron chi connectivity index (χ2n) is 11.9. The van der Waals surface area contributed by atoms with Gasteiger partial charge in [-0.2, -0.15) is 5.26 Å². The molecule has 224 valence electrons. The minimum Gasteiger partial charge on any atom is -0.456 e. The maximum absolute atomic E-state index is 9.18. The number of furan rings is 1. The summed E-state index contributed by atoms with van der Waals surface area (Å²) in [5, 5.41) is 16.2. The smallest absolute Gasteiger partial charge is 0.182 e. The van der Waals surface area contributed by atoms with E-state index in [0.717, 1.165) is 77.7 Å². The zero-order valence-electron chi connectivity index (χ0n) is 25.7. The zero-order valence-corrected chi connectivity index (χ0v) is 25.7. The molecule has 48 heavy (non-hydrogen) atoms. The molecule has 5 nitrogen and oxygen atoms in total. The van der Waals surface area contributed by atoms with Crippen LogP contribution in [0.25, 0.3) is 83.5 Å². The van der Waals surface area contributed by atoms with Crippen molar-refractivity contribution in [3.05, 3.63) is 163 Å². The molecule has 9 rings (SSSR count). The molecule has 0 aliphatic carbocycles. The average molecular weight is 615 g/mol. The van der Waals surface area contributed by atoms with Gasteiger partial charge in [0.05, 0.1) is 11.6 Å². The molecule has 6 aromatic carbocycles. The van der Waals surface area contributed by atoms with Gasteiger partial charge in [-0.25, -0.2) is 9.50 Å². The van der Waals surface area contributed by atoms with Crippen LogP contribution >= 0.6 is 0 Å². The van der Waals surface area contributed by atoms with Crippen molar-refractivity contribution in [1.29, 1.82) is 5.26 Å². The molecule has 0 unspecified atom stereocenters. The fourth-order valence-electron chi connectivity index (χ4n) is 6.41. The zero-order chi connectivity index (χ0) is 32.0. The molecule has 0 saturated heterocycles. The Morgan fingerprint density at radius 2 is 1.02 bits per heavy atom. The maximum atomic E-state index is 9.18. The monoisotopic (exact) mass is 614 g/mol. The van der Waals surface area contributed by atoms with E-state index in [-0.39, 0.29) is 0 Å². The minimum atomic E-state index is 0.648. The molecular formula is C43H26N4O. The van der Waals surface area contributed by atoms with E-state index in [1.54, 1.807) is 0 Å². The van der Waals surface area contributed by atoms with E-state index in [9.17, 15) is 5.26 Å². The number of fused-ring (bicyclic) bond motifs is 4. The number of rotatable bonds is 5. The van der Waals surface area contributed by atoms with Gasteiger partial charge in [-0.1, -0.05) is 109 Å². The summed E-state index contributed by atoms with van der Waals surface area (Å²) in [4.78, 5) is 5.03. The standard InChI is InChI=1S/C43H26N4O/c44-26-28-11-13-30(14-12-28)34-19-21-40-38(23-34)39-24-35(20-22-41(39)48-40)31-15-17-33(18-16-31)42-45-43-37(32-9-5-2-6-10-32)25-36(27-47(43)46-42)29-7-3-1-4-8-29/h1-25,27H. The topological polar surface area (TPSA) is 67.1 Å². The van der Waals surface area contributed by atoms with E-state index in [1.165, 1.54) is 0 Å². The van der Waals surface area contributed by atoms with Crippen molar-refractivity contribution in [1.82, 2.24) is 14.6 Å². The molecule has 0 fully saturated rings. The molecule has 0 N–H and O–H groups in total. The third-order valence-corrected chi connectivity index (χ3v) is 8.92. The van der Waals surface area contributed by atoms with Crippen molar-refractivity contribution in [3.63, 3.8) is 0 Å². The lowest BCUT2D eigenvalue weighted by Gasteiger charge is -2.08. The normalized spacial score (nSPS) is 11.3. The van der Waals surface area contributed by atoms with E-state index in [1.807, 2.05) is 53.0 Å². The average Bonchev–Trinajstić information content (AvgIpc) is 3.76. The highest BCUT2D eigenvalue weighted by molar-refractivity contribution is 6.07. The molecule has 0 aliphatic rings. The van der Waals surface area contributed by atoms with Crippen LogP contribution in [0.3, 0.4) is 0 Å². The molecule has 0 atom stereocenters. The SMILES string of the molecule is N#Cc1ccc(-c2ccc3oc4ccc(-c5ccc(-c6nc7c(-c8ccccc8)cc(-c8ccccc8)cn7n6)cc5)cc4c3c2)cc1. The molecule has 9 aromatic rings.